The summed E-state index contributed by atoms with van der Waals surface area (Å²) in [5.41, 5.74) is 5.81. The number of nitrogens with zero attached hydrogens (tertiary/aromatic N) is 4. The lowest BCUT2D eigenvalue weighted by atomic mass is 10.0. The molecule has 6 nitrogen and oxygen atoms in total. The van der Waals surface area contributed by atoms with Crippen LogP contribution in [0.3, 0.4) is 0 Å². The van der Waals surface area contributed by atoms with Gasteiger partial charge in [0.15, 0.2) is 0 Å². The van der Waals surface area contributed by atoms with Crippen LogP contribution in [-0.4, -0.2) is 52.4 Å². The van der Waals surface area contributed by atoms with E-state index in [9.17, 15) is 4.79 Å². The summed E-state index contributed by atoms with van der Waals surface area (Å²) in [6, 6.07) is -0.101. The number of hydrogen-bond acceptors (Lipinski definition) is 6. The number of carbonyl (C=O) groups excluding carboxylic acids is 1. The quantitative estimate of drug-likeness (QED) is 0.887. The second kappa shape index (κ2) is 6.49. The molecule has 1 saturated heterocycles. The first kappa shape index (κ1) is 15.2. The van der Waals surface area contributed by atoms with Crippen molar-refractivity contribution in [3.8, 4) is 0 Å². The van der Waals surface area contributed by atoms with Crippen LogP contribution >= 0.6 is 11.5 Å². The molecule has 2 rings (SSSR count). The maximum absolute atomic E-state index is 12.2. The maximum atomic E-state index is 12.2. The highest BCUT2D eigenvalue weighted by atomic mass is 32.1. The van der Waals surface area contributed by atoms with E-state index in [1.165, 1.54) is 11.5 Å². The molecule has 2 unspecified atom stereocenters. The SMILES string of the molecule is CCc1nsc(N2CCN(C(=O)C(C)C(C)N)CC2)n1. The van der Waals surface area contributed by atoms with Gasteiger partial charge < -0.3 is 15.5 Å². The molecule has 0 aromatic carbocycles. The van der Waals surface area contributed by atoms with E-state index in [2.05, 4.69) is 21.2 Å². The normalized spacial score (nSPS) is 19.0. The highest BCUT2D eigenvalue weighted by molar-refractivity contribution is 7.09. The standard InChI is InChI=1S/C13H23N5OS/c1-4-11-15-13(20-16-11)18-7-5-17(6-8-18)12(19)9(2)10(3)14/h9-10H,4-8,14H2,1-3H3. The zero-order valence-corrected chi connectivity index (χ0v) is 13.2. The number of aromatic nitrogens is 2. The van der Waals surface area contributed by atoms with Gasteiger partial charge in [-0.3, -0.25) is 4.79 Å². The topological polar surface area (TPSA) is 75.4 Å². The molecule has 1 aromatic rings. The van der Waals surface area contributed by atoms with Gasteiger partial charge in [0.1, 0.15) is 5.82 Å². The summed E-state index contributed by atoms with van der Waals surface area (Å²) in [6.45, 7) is 8.93. The number of nitrogens with two attached hydrogens (primary N) is 1. The molecular weight excluding hydrogens is 274 g/mol. The second-order valence-electron chi connectivity index (χ2n) is 5.31. The van der Waals surface area contributed by atoms with Crippen molar-refractivity contribution in [2.24, 2.45) is 11.7 Å². The van der Waals surface area contributed by atoms with Crippen LogP contribution in [-0.2, 0) is 11.2 Å². The maximum Gasteiger partial charge on any atom is 0.227 e. The first-order valence-corrected chi connectivity index (χ1v) is 7.92. The lowest BCUT2D eigenvalue weighted by Gasteiger charge is -2.36. The fraction of sp³-hybridized carbons (Fsp3) is 0.769. The van der Waals surface area contributed by atoms with Gasteiger partial charge in [-0.1, -0.05) is 13.8 Å². The third-order valence-corrected chi connectivity index (χ3v) is 4.63. The lowest BCUT2D eigenvalue weighted by Crippen LogP contribution is -2.52. The average Bonchev–Trinajstić information content (AvgIpc) is 2.94. The highest BCUT2D eigenvalue weighted by Gasteiger charge is 2.27. The molecule has 0 saturated carbocycles. The van der Waals surface area contributed by atoms with E-state index in [0.717, 1.165) is 43.6 Å². The average molecular weight is 297 g/mol. The Morgan fingerprint density at radius 3 is 2.50 bits per heavy atom. The Balaban J connectivity index is 1.90. The van der Waals surface area contributed by atoms with Crippen LogP contribution in [0.2, 0.25) is 0 Å². The number of anilines is 1. The highest BCUT2D eigenvalue weighted by Crippen LogP contribution is 2.20. The summed E-state index contributed by atoms with van der Waals surface area (Å²) < 4.78 is 4.31. The molecule has 0 radical (unpaired) electrons. The van der Waals surface area contributed by atoms with Gasteiger partial charge in [-0.05, 0) is 6.92 Å². The Morgan fingerprint density at radius 1 is 1.35 bits per heavy atom. The van der Waals surface area contributed by atoms with Crippen molar-refractivity contribution in [3.63, 3.8) is 0 Å². The van der Waals surface area contributed by atoms with Gasteiger partial charge in [-0.15, -0.1) is 0 Å². The van der Waals surface area contributed by atoms with Gasteiger partial charge in [-0.2, -0.15) is 4.37 Å². The molecule has 20 heavy (non-hydrogen) atoms. The summed E-state index contributed by atoms with van der Waals surface area (Å²) in [7, 11) is 0. The van der Waals surface area contributed by atoms with Gasteiger partial charge >= 0.3 is 0 Å². The summed E-state index contributed by atoms with van der Waals surface area (Å²) >= 11 is 1.44. The number of carbonyl (C=O) groups is 1. The van der Waals surface area contributed by atoms with E-state index < -0.39 is 0 Å². The Labute approximate surface area is 124 Å². The predicted molar refractivity (Wildman–Crippen MR) is 80.9 cm³/mol. The molecule has 1 aliphatic rings. The van der Waals surface area contributed by atoms with Crippen molar-refractivity contribution < 1.29 is 4.79 Å². The first-order chi connectivity index (χ1) is 9.52. The summed E-state index contributed by atoms with van der Waals surface area (Å²) in [5.74, 6) is 0.940. The molecular formula is C13H23N5OS. The molecule has 2 N–H and O–H groups in total. The molecule has 1 aromatic heterocycles. The fourth-order valence-electron chi connectivity index (χ4n) is 2.15. The Morgan fingerprint density at radius 2 is 2.00 bits per heavy atom. The van der Waals surface area contributed by atoms with E-state index in [1.807, 2.05) is 18.7 Å². The van der Waals surface area contributed by atoms with Crippen molar-refractivity contribution in [3.05, 3.63) is 5.82 Å². The van der Waals surface area contributed by atoms with Crippen molar-refractivity contribution >= 4 is 22.6 Å². The third kappa shape index (κ3) is 3.27. The zero-order valence-electron chi connectivity index (χ0n) is 12.4. The van der Waals surface area contributed by atoms with Gasteiger partial charge in [0.05, 0.1) is 5.92 Å². The van der Waals surface area contributed by atoms with Gasteiger partial charge in [0, 0.05) is 50.2 Å². The molecule has 0 bridgehead atoms. The third-order valence-electron chi connectivity index (χ3n) is 3.81. The minimum Gasteiger partial charge on any atom is -0.343 e. The monoisotopic (exact) mass is 297 g/mol. The number of piperazine rings is 1. The Hall–Kier alpha value is -1.21. The molecule has 1 aliphatic heterocycles. The Kier molecular flexibility index (Phi) is 4.93. The minimum absolute atomic E-state index is 0.101. The summed E-state index contributed by atoms with van der Waals surface area (Å²) in [4.78, 5) is 20.8. The van der Waals surface area contributed by atoms with Gasteiger partial charge in [-0.25, -0.2) is 4.98 Å². The summed E-state index contributed by atoms with van der Waals surface area (Å²) in [6.07, 6.45) is 0.862. The van der Waals surface area contributed by atoms with Gasteiger partial charge in [0.25, 0.3) is 0 Å². The molecule has 1 amide bonds. The molecule has 7 heteroatoms. The summed E-state index contributed by atoms with van der Waals surface area (Å²) in [5, 5.41) is 0.967. The Bertz CT molecular complexity index is 453. The second-order valence-corrected chi connectivity index (χ2v) is 6.04. The number of amides is 1. The van der Waals surface area contributed by atoms with Crippen LogP contribution < -0.4 is 10.6 Å². The van der Waals surface area contributed by atoms with E-state index in [4.69, 9.17) is 5.73 Å². The van der Waals surface area contributed by atoms with Crippen molar-refractivity contribution in [1.29, 1.82) is 0 Å². The lowest BCUT2D eigenvalue weighted by molar-refractivity contribution is -0.135. The fourth-order valence-corrected chi connectivity index (χ4v) is 2.95. The van der Waals surface area contributed by atoms with E-state index >= 15 is 0 Å². The van der Waals surface area contributed by atoms with E-state index in [0.29, 0.717) is 0 Å². The first-order valence-electron chi connectivity index (χ1n) is 7.14. The molecule has 0 aliphatic carbocycles. The smallest absolute Gasteiger partial charge is 0.227 e. The minimum atomic E-state index is -0.116. The predicted octanol–water partition coefficient (Wildman–Crippen LogP) is 0.732. The molecule has 112 valence electrons. The number of aryl methyl sites for hydroxylation is 1. The molecule has 0 spiro atoms. The van der Waals surface area contributed by atoms with Crippen molar-refractivity contribution in [1.82, 2.24) is 14.3 Å². The zero-order chi connectivity index (χ0) is 14.7. The molecule has 2 atom stereocenters. The van der Waals surface area contributed by atoms with E-state index in [1.54, 1.807) is 0 Å². The van der Waals surface area contributed by atoms with Crippen LogP contribution in [0, 0.1) is 5.92 Å². The van der Waals surface area contributed by atoms with Crippen LogP contribution in [0.25, 0.3) is 0 Å². The van der Waals surface area contributed by atoms with Crippen LogP contribution in [0.4, 0.5) is 5.13 Å². The van der Waals surface area contributed by atoms with Gasteiger partial charge in [0.2, 0.25) is 11.0 Å². The van der Waals surface area contributed by atoms with Crippen molar-refractivity contribution in [2.75, 3.05) is 31.1 Å². The van der Waals surface area contributed by atoms with E-state index in [-0.39, 0.29) is 17.9 Å². The van der Waals surface area contributed by atoms with Crippen LogP contribution in [0.1, 0.15) is 26.6 Å². The van der Waals surface area contributed by atoms with Crippen LogP contribution in [0.5, 0.6) is 0 Å². The number of rotatable bonds is 4. The largest absolute Gasteiger partial charge is 0.343 e. The number of hydrogen-bond donors (Lipinski definition) is 1. The molecule has 1 fully saturated rings. The van der Waals surface area contributed by atoms with Crippen LogP contribution in [0.15, 0.2) is 0 Å². The van der Waals surface area contributed by atoms with Crippen molar-refractivity contribution in [2.45, 2.75) is 33.2 Å². The molecule has 2 heterocycles.